The van der Waals surface area contributed by atoms with E-state index in [1.807, 2.05) is 6.07 Å². The van der Waals surface area contributed by atoms with Crippen LogP contribution in [0.25, 0.3) is 11.0 Å². The summed E-state index contributed by atoms with van der Waals surface area (Å²) in [6, 6.07) is 13.2. The molecular weight excluding hydrogens is 316 g/mol. The van der Waals surface area contributed by atoms with E-state index in [4.69, 9.17) is 16.0 Å². The predicted octanol–water partition coefficient (Wildman–Crippen LogP) is 3.33. The Balaban J connectivity index is 2.16. The Morgan fingerprint density at radius 2 is 1.96 bits per heavy atom. The zero-order valence-corrected chi connectivity index (χ0v) is 12.4. The van der Waals surface area contributed by atoms with E-state index in [1.54, 1.807) is 42.5 Å². The number of fused-ring (bicyclic) bond motifs is 1. The molecule has 2 aromatic heterocycles. The molecular formula is C17H9ClN2O3. The highest BCUT2D eigenvalue weighted by Gasteiger charge is 2.28. The van der Waals surface area contributed by atoms with Crippen molar-refractivity contribution in [3.63, 3.8) is 0 Å². The molecule has 1 aromatic carbocycles. The minimum atomic E-state index is -1.20. The second-order valence-electron chi connectivity index (χ2n) is 4.75. The van der Waals surface area contributed by atoms with Crippen molar-refractivity contribution in [3.8, 4) is 6.07 Å². The monoisotopic (exact) mass is 324 g/mol. The molecule has 5 nitrogen and oxygen atoms in total. The molecule has 0 saturated carbocycles. The number of carbonyl (C=O) groups is 1. The number of para-hydroxylation sites is 1. The second kappa shape index (κ2) is 6.03. The van der Waals surface area contributed by atoms with Gasteiger partial charge < -0.3 is 4.42 Å². The molecule has 6 heteroatoms. The number of pyridine rings is 1. The van der Waals surface area contributed by atoms with Crippen LogP contribution in [-0.2, 0) is 0 Å². The number of rotatable bonds is 3. The highest BCUT2D eigenvalue weighted by atomic mass is 35.5. The first-order chi connectivity index (χ1) is 11.1. The van der Waals surface area contributed by atoms with Crippen LogP contribution in [0.15, 0.2) is 57.9 Å². The van der Waals surface area contributed by atoms with Gasteiger partial charge >= 0.3 is 0 Å². The number of halogens is 1. The molecule has 2 heterocycles. The fourth-order valence-electron chi connectivity index (χ4n) is 2.21. The Bertz CT molecular complexity index is 990. The average Bonchev–Trinajstić information content (AvgIpc) is 2.59. The third kappa shape index (κ3) is 2.60. The van der Waals surface area contributed by atoms with Crippen LogP contribution in [0.4, 0.5) is 0 Å². The summed E-state index contributed by atoms with van der Waals surface area (Å²) in [4.78, 5) is 28.9. The molecule has 23 heavy (non-hydrogen) atoms. The summed E-state index contributed by atoms with van der Waals surface area (Å²) in [5.74, 6) is -2.22. The van der Waals surface area contributed by atoms with Gasteiger partial charge in [0.05, 0.1) is 17.1 Å². The summed E-state index contributed by atoms with van der Waals surface area (Å²) < 4.78 is 5.48. The number of carbonyl (C=O) groups excluding carboxylic acids is 1. The molecule has 3 aromatic rings. The molecule has 112 valence electrons. The van der Waals surface area contributed by atoms with Crippen LogP contribution >= 0.6 is 11.6 Å². The zero-order chi connectivity index (χ0) is 16.4. The number of benzene rings is 1. The highest BCUT2D eigenvalue weighted by Crippen LogP contribution is 2.25. The van der Waals surface area contributed by atoms with E-state index in [-0.39, 0.29) is 27.4 Å². The topological polar surface area (TPSA) is 84.0 Å². The number of Topliss-reactive ketones (excluding diaryl/α,β-unsaturated/α-hetero) is 1. The van der Waals surface area contributed by atoms with Gasteiger partial charge in [0.25, 0.3) is 0 Å². The van der Waals surface area contributed by atoms with Gasteiger partial charge in [-0.3, -0.25) is 14.6 Å². The maximum absolute atomic E-state index is 12.6. The molecule has 0 aliphatic carbocycles. The van der Waals surface area contributed by atoms with Gasteiger partial charge in [0.1, 0.15) is 10.6 Å². The summed E-state index contributed by atoms with van der Waals surface area (Å²) in [5.41, 5.74) is 0.00409. The van der Waals surface area contributed by atoms with Crippen molar-refractivity contribution in [2.24, 2.45) is 0 Å². The van der Waals surface area contributed by atoms with Crippen LogP contribution in [0.5, 0.6) is 0 Å². The first-order valence-electron chi connectivity index (χ1n) is 6.69. The molecule has 0 bridgehead atoms. The third-order valence-corrected chi connectivity index (χ3v) is 3.68. The van der Waals surface area contributed by atoms with Crippen molar-refractivity contribution >= 4 is 28.4 Å². The predicted molar refractivity (Wildman–Crippen MR) is 84.4 cm³/mol. The van der Waals surface area contributed by atoms with Gasteiger partial charge in [0.15, 0.2) is 11.7 Å². The van der Waals surface area contributed by atoms with E-state index in [2.05, 4.69) is 4.98 Å². The number of nitrogens with zero attached hydrogens (tertiary/aromatic N) is 2. The Labute approximate surface area is 135 Å². The van der Waals surface area contributed by atoms with Crippen LogP contribution in [0.3, 0.4) is 0 Å². The van der Waals surface area contributed by atoms with Crippen LogP contribution in [0, 0.1) is 11.3 Å². The van der Waals surface area contributed by atoms with Crippen molar-refractivity contribution in [3.05, 3.63) is 75.4 Å². The molecule has 1 atom stereocenters. The maximum Gasteiger partial charge on any atom is 0.222 e. The van der Waals surface area contributed by atoms with Crippen LogP contribution in [0.1, 0.15) is 22.2 Å². The molecule has 0 saturated heterocycles. The fourth-order valence-corrected chi connectivity index (χ4v) is 2.45. The largest absolute Gasteiger partial charge is 0.451 e. The first kappa shape index (κ1) is 14.9. The second-order valence-corrected chi connectivity index (χ2v) is 5.13. The Morgan fingerprint density at radius 1 is 1.22 bits per heavy atom. The maximum atomic E-state index is 12.6. The number of hydrogen-bond donors (Lipinski definition) is 0. The van der Waals surface area contributed by atoms with E-state index in [1.165, 1.54) is 6.20 Å². The smallest absolute Gasteiger partial charge is 0.222 e. The number of ketones is 1. The normalized spacial score (nSPS) is 11.8. The molecule has 0 spiro atoms. The van der Waals surface area contributed by atoms with Gasteiger partial charge in [-0.2, -0.15) is 5.26 Å². The highest BCUT2D eigenvalue weighted by molar-refractivity contribution is 6.34. The van der Waals surface area contributed by atoms with Crippen LogP contribution in [-0.4, -0.2) is 10.8 Å². The van der Waals surface area contributed by atoms with Gasteiger partial charge in [0.2, 0.25) is 11.2 Å². The van der Waals surface area contributed by atoms with Gasteiger partial charge in [-0.05, 0) is 24.3 Å². The van der Waals surface area contributed by atoms with Crippen molar-refractivity contribution in [1.82, 2.24) is 4.98 Å². The van der Waals surface area contributed by atoms with Gasteiger partial charge in [-0.15, -0.1) is 0 Å². The lowest BCUT2D eigenvalue weighted by molar-refractivity contribution is 0.0951. The number of nitriles is 1. The lowest BCUT2D eigenvalue weighted by Gasteiger charge is -2.09. The molecule has 1 unspecified atom stereocenters. The molecule has 3 rings (SSSR count). The molecule has 0 aliphatic heterocycles. The Hall–Kier alpha value is -2.97. The SMILES string of the molecule is N#CC(C(=O)c1oc2ccccc2c(=O)c1Cl)c1ccccn1. The summed E-state index contributed by atoms with van der Waals surface area (Å²) in [6.07, 6.45) is 1.48. The van der Waals surface area contributed by atoms with Gasteiger partial charge in [0, 0.05) is 6.20 Å². The van der Waals surface area contributed by atoms with Crippen LogP contribution < -0.4 is 5.43 Å². The summed E-state index contributed by atoms with van der Waals surface area (Å²) in [6.45, 7) is 0. The van der Waals surface area contributed by atoms with Crippen molar-refractivity contribution < 1.29 is 9.21 Å². The summed E-state index contributed by atoms with van der Waals surface area (Å²) >= 11 is 6.00. The molecule has 0 amide bonds. The summed E-state index contributed by atoms with van der Waals surface area (Å²) in [7, 11) is 0. The average molecular weight is 325 g/mol. The molecule has 0 N–H and O–H groups in total. The van der Waals surface area contributed by atoms with E-state index in [9.17, 15) is 14.9 Å². The van der Waals surface area contributed by atoms with Gasteiger partial charge in [-0.1, -0.05) is 29.8 Å². The molecule has 0 aliphatic rings. The van der Waals surface area contributed by atoms with Crippen molar-refractivity contribution in [2.45, 2.75) is 5.92 Å². The van der Waals surface area contributed by atoms with E-state index in [0.29, 0.717) is 0 Å². The minimum absolute atomic E-state index is 0.239. The number of hydrogen-bond acceptors (Lipinski definition) is 5. The third-order valence-electron chi connectivity index (χ3n) is 3.34. The zero-order valence-electron chi connectivity index (χ0n) is 11.7. The van der Waals surface area contributed by atoms with Crippen molar-refractivity contribution in [2.75, 3.05) is 0 Å². The van der Waals surface area contributed by atoms with Gasteiger partial charge in [-0.25, -0.2) is 0 Å². The minimum Gasteiger partial charge on any atom is -0.451 e. The quantitative estimate of drug-likeness (QED) is 0.690. The Morgan fingerprint density at radius 3 is 2.65 bits per heavy atom. The standard InChI is InChI=1S/C17H9ClN2O3/c18-14-15(21)10-5-1-2-7-13(10)23-17(14)16(22)11(9-19)12-6-3-4-8-20-12/h1-8,11H. The van der Waals surface area contributed by atoms with Crippen molar-refractivity contribution in [1.29, 1.82) is 5.26 Å². The van der Waals surface area contributed by atoms with E-state index < -0.39 is 17.1 Å². The molecule has 0 fully saturated rings. The summed E-state index contributed by atoms with van der Waals surface area (Å²) in [5, 5.41) is 9.26. The first-order valence-corrected chi connectivity index (χ1v) is 7.07. The van der Waals surface area contributed by atoms with Crippen LogP contribution in [0.2, 0.25) is 5.02 Å². The number of aromatic nitrogens is 1. The lowest BCUT2D eigenvalue weighted by Crippen LogP contribution is -2.16. The Kier molecular flexibility index (Phi) is 3.92. The van der Waals surface area contributed by atoms with E-state index >= 15 is 0 Å². The van der Waals surface area contributed by atoms with E-state index in [0.717, 1.165) is 0 Å². The lowest BCUT2D eigenvalue weighted by atomic mass is 9.99. The fraction of sp³-hybridized carbons (Fsp3) is 0.0588. The molecule has 0 radical (unpaired) electrons.